The van der Waals surface area contributed by atoms with Crippen LogP contribution in [0.2, 0.25) is 5.02 Å². The topological polar surface area (TPSA) is 55.1 Å². The molecule has 2 heterocycles. The third kappa shape index (κ3) is 2.91. The van der Waals surface area contributed by atoms with Crippen molar-refractivity contribution in [2.24, 2.45) is 0 Å². The summed E-state index contributed by atoms with van der Waals surface area (Å²) in [6.45, 7) is 2.22. The number of hydrogen-bond donors (Lipinski definition) is 1. The van der Waals surface area contributed by atoms with E-state index in [0.29, 0.717) is 34.1 Å². The maximum absolute atomic E-state index is 12.5. The van der Waals surface area contributed by atoms with Crippen molar-refractivity contribution in [3.63, 3.8) is 0 Å². The maximum Gasteiger partial charge on any atom is 0.257 e. The highest BCUT2D eigenvalue weighted by Gasteiger charge is 2.23. The number of carbonyl (C=O) groups excluding carboxylic acids is 1. The van der Waals surface area contributed by atoms with Gasteiger partial charge >= 0.3 is 0 Å². The van der Waals surface area contributed by atoms with Crippen LogP contribution >= 0.6 is 22.9 Å². The second-order valence-electron chi connectivity index (χ2n) is 4.71. The average Bonchev–Trinajstić information content (AvgIpc) is 3.15. The van der Waals surface area contributed by atoms with E-state index in [1.165, 1.54) is 0 Å². The first kappa shape index (κ1) is 14.8. The molecule has 0 aliphatic carbocycles. The predicted molar refractivity (Wildman–Crippen MR) is 87.2 cm³/mol. The van der Waals surface area contributed by atoms with Crippen LogP contribution in [0, 0.1) is 6.92 Å². The van der Waals surface area contributed by atoms with Gasteiger partial charge in [-0.3, -0.25) is 4.79 Å². The van der Waals surface area contributed by atoms with Crippen molar-refractivity contribution in [3.8, 4) is 11.3 Å². The zero-order valence-corrected chi connectivity index (χ0v) is 13.4. The van der Waals surface area contributed by atoms with Crippen molar-refractivity contribution in [2.75, 3.05) is 0 Å². The summed E-state index contributed by atoms with van der Waals surface area (Å²) in [6.07, 6.45) is 0. The van der Waals surface area contributed by atoms with Crippen molar-refractivity contribution < 1.29 is 9.32 Å². The van der Waals surface area contributed by atoms with Crippen LogP contribution in [0.15, 0.2) is 46.3 Å². The molecular weight excluding hydrogens is 320 g/mol. The van der Waals surface area contributed by atoms with E-state index >= 15 is 0 Å². The van der Waals surface area contributed by atoms with Crippen LogP contribution in [0.25, 0.3) is 11.3 Å². The Balaban J connectivity index is 1.89. The Morgan fingerprint density at radius 2 is 2.14 bits per heavy atom. The Labute approximate surface area is 136 Å². The van der Waals surface area contributed by atoms with Gasteiger partial charge in [-0.15, -0.1) is 11.3 Å². The fourth-order valence-corrected chi connectivity index (χ4v) is 3.00. The lowest BCUT2D eigenvalue weighted by Crippen LogP contribution is -2.23. The van der Waals surface area contributed by atoms with Gasteiger partial charge in [0.05, 0.1) is 17.3 Å². The number of hydrogen-bond acceptors (Lipinski definition) is 4. The normalized spacial score (nSPS) is 10.6. The number of benzene rings is 1. The Bertz CT molecular complexity index is 796. The second-order valence-corrected chi connectivity index (χ2v) is 6.15. The van der Waals surface area contributed by atoms with Crippen LogP contribution in [-0.2, 0) is 6.54 Å². The number of thiophene rings is 1. The number of nitrogens with zero attached hydrogens (tertiary/aromatic N) is 1. The van der Waals surface area contributed by atoms with Gasteiger partial charge in [-0.25, -0.2) is 0 Å². The monoisotopic (exact) mass is 332 g/mol. The van der Waals surface area contributed by atoms with E-state index in [4.69, 9.17) is 16.1 Å². The predicted octanol–water partition coefficient (Wildman–Crippen LogP) is 4.29. The Morgan fingerprint density at radius 1 is 1.32 bits per heavy atom. The molecule has 3 rings (SSSR count). The first-order valence-corrected chi connectivity index (χ1v) is 7.94. The van der Waals surface area contributed by atoms with Gasteiger partial charge in [0.1, 0.15) is 5.56 Å². The Hall–Kier alpha value is -2.11. The van der Waals surface area contributed by atoms with E-state index in [1.54, 1.807) is 30.4 Å². The van der Waals surface area contributed by atoms with Gasteiger partial charge in [0.25, 0.3) is 5.91 Å². The van der Waals surface area contributed by atoms with Crippen molar-refractivity contribution in [3.05, 3.63) is 62.9 Å². The van der Waals surface area contributed by atoms with Crippen molar-refractivity contribution in [1.82, 2.24) is 10.5 Å². The second kappa shape index (κ2) is 6.34. The van der Waals surface area contributed by atoms with Crippen LogP contribution < -0.4 is 5.32 Å². The first-order valence-electron chi connectivity index (χ1n) is 6.68. The molecular formula is C16H13ClN2O2S. The van der Waals surface area contributed by atoms with E-state index in [9.17, 15) is 4.79 Å². The summed E-state index contributed by atoms with van der Waals surface area (Å²) in [4.78, 5) is 13.6. The van der Waals surface area contributed by atoms with Gasteiger partial charge < -0.3 is 9.84 Å². The number of aryl methyl sites for hydroxylation is 1. The van der Waals surface area contributed by atoms with E-state index in [2.05, 4.69) is 10.5 Å². The van der Waals surface area contributed by atoms with E-state index in [1.807, 2.05) is 29.6 Å². The molecule has 3 aromatic rings. The standard InChI is InChI=1S/C16H13ClN2O2S/c1-10-14(16(20)18-9-11-5-4-8-22-11)15(21-19-10)12-6-2-3-7-13(12)17/h2-8H,9H2,1H3,(H,18,20). The summed E-state index contributed by atoms with van der Waals surface area (Å²) in [5, 5.41) is 9.29. The molecule has 112 valence electrons. The smallest absolute Gasteiger partial charge is 0.257 e. The third-order valence-corrected chi connectivity index (χ3v) is 4.42. The minimum absolute atomic E-state index is 0.220. The molecule has 0 bridgehead atoms. The number of halogens is 1. The van der Waals surface area contributed by atoms with Crippen LogP contribution in [0.1, 0.15) is 20.9 Å². The summed E-state index contributed by atoms with van der Waals surface area (Å²) in [7, 11) is 0. The highest BCUT2D eigenvalue weighted by molar-refractivity contribution is 7.09. The van der Waals surface area contributed by atoms with Crippen molar-refractivity contribution in [2.45, 2.75) is 13.5 Å². The molecule has 0 atom stereocenters. The van der Waals surface area contributed by atoms with Gasteiger partial charge in [-0.1, -0.05) is 35.0 Å². The number of amides is 1. The lowest BCUT2D eigenvalue weighted by molar-refractivity contribution is 0.0951. The van der Waals surface area contributed by atoms with E-state index in [-0.39, 0.29) is 5.91 Å². The molecule has 1 aromatic carbocycles. The highest BCUT2D eigenvalue weighted by atomic mass is 35.5. The fourth-order valence-electron chi connectivity index (χ4n) is 2.14. The molecule has 0 radical (unpaired) electrons. The molecule has 6 heteroatoms. The molecule has 0 saturated heterocycles. The van der Waals surface area contributed by atoms with Crippen molar-refractivity contribution in [1.29, 1.82) is 0 Å². The van der Waals surface area contributed by atoms with E-state index < -0.39 is 0 Å². The summed E-state index contributed by atoms with van der Waals surface area (Å²) in [5.74, 6) is 0.175. The highest BCUT2D eigenvalue weighted by Crippen LogP contribution is 2.31. The minimum Gasteiger partial charge on any atom is -0.355 e. The molecule has 4 nitrogen and oxygen atoms in total. The van der Waals surface area contributed by atoms with Crippen molar-refractivity contribution >= 4 is 28.8 Å². The van der Waals surface area contributed by atoms with Gasteiger partial charge in [-0.05, 0) is 30.5 Å². The van der Waals surface area contributed by atoms with Gasteiger partial charge in [0.15, 0.2) is 5.76 Å². The Kier molecular flexibility index (Phi) is 4.27. The van der Waals surface area contributed by atoms with Crippen LogP contribution in [0.3, 0.4) is 0 Å². The number of aromatic nitrogens is 1. The largest absolute Gasteiger partial charge is 0.355 e. The summed E-state index contributed by atoms with van der Waals surface area (Å²) in [6, 6.07) is 11.1. The van der Waals surface area contributed by atoms with Gasteiger partial charge in [0.2, 0.25) is 0 Å². The minimum atomic E-state index is -0.220. The third-order valence-electron chi connectivity index (χ3n) is 3.21. The lowest BCUT2D eigenvalue weighted by Gasteiger charge is -2.05. The Morgan fingerprint density at radius 3 is 2.86 bits per heavy atom. The lowest BCUT2D eigenvalue weighted by atomic mass is 10.1. The number of rotatable bonds is 4. The molecule has 1 amide bonds. The molecule has 0 saturated carbocycles. The first-order chi connectivity index (χ1) is 10.7. The molecule has 1 N–H and O–H groups in total. The van der Waals surface area contributed by atoms with Crippen LogP contribution in [0.5, 0.6) is 0 Å². The zero-order valence-electron chi connectivity index (χ0n) is 11.8. The number of nitrogens with one attached hydrogen (secondary N) is 1. The molecule has 2 aromatic heterocycles. The summed E-state index contributed by atoms with van der Waals surface area (Å²) >= 11 is 7.78. The van der Waals surface area contributed by atoms with Crippen LogP contribution in [-0.4, -0.2) is 11.1 Å². The van der Waals surface area contributed by atoms with Gasteiger partial charge in [0, 0.05) is 10.4 Å². The summed E-state index contributed by atoms with van der Waals surface area (Å²) < 4.78 is 5.33. The molecule has 22 heavy (non-hydrogen) atoms. The SMILES string of the molecule is Cc1noc(-c2ccccc2Cl)c1C(=O)NCc1cccs1. The molecule has 0 aliphatic heterocycles. The summed E-state index contributed by atoms with van der Waals surface area (Å²) in [5.41, 5.74) is 1.62. The van der Waals surface area contributed by atoms with Gasteiger partial charge in [-0.2, -0.15) is 0 Å². The van der Waals surface area contributed by atoms with Crippen LogP contribution in [0.4, 0.5) is 0 Å². The number of carbonyl (C=O) groups is 1. The molecule has 0 aliphatic rings. The molecule has 0 fully saturated rings. The molecule has 0 spiro atoms. The quantitative estimate of drug-likeness (QED) is 0.775. The van der Waals surface area contributed by atoms with E-state index in [0.717, 1.165) is 4.88 Å². The maximum atomic E-state index is 12.5. The fraction of sp³-hybridized carbons (Fsp3) is 0.125. The average molecular weight is 333 g/mol. The zero-order chi connectivity index (χ0) is 15.5. The molecule has 0 unspecified atom stereocenters.